The molecule has 0 unspecified atom stereocenters. The highest BCUT2D eigenvalue weighted by atomic mass is 16.5. The van der Waals surface area contributed by atoms with Gasteiger partial charge in [0.25, 0.3) is 0 Å². The van der Waals surface area contributed by atoms with E-state index < -0.39 is 5.97 Å². The number of aromatic nitrogens is 1. The third-order valence-corrected chi connectivity index (χ3v) is 4.21. The average Bonchev–Trinajstić information content (AvgIpc) is 3.03. The lowest BCUT2D eigenvalue weighted by Gasteiger charge is -2.10. The number of rotatable bonds is 8. The van der Waals surface area contributed by atoms with Crippen molar-refractivity contribution in [2.45, 2.75) is 26.2 Å². The van der Waals surface area contributed by atoms with Gasteiger partial charge in [-0.2, -0.15) is 0 Å². The molecule has 2 aromatic carbocycles. The summed E-state index contributed by atoms with van der Waals surface area (Å²) >= 11 is 0. The summed E-state index contributed by atoms with van der Waals surface area (Å²) in [5, 5.41) is 8.75. The monoisotopic (exact) mass is 366 g/mol. The third kappa shape index (κ3) is 4.88. The fourth-order valence-electron chi connectivity index (χ4n) is 2.76. The summed E-state index contributed by atoms with van der Waals surface area (Å²) in [6, 6.07) is 15.1. The first-order valence-corrected chi connectivity index (χ1v) is 8.77. The Morgan fingerprint density at radius 1 is 1.19 bits per heavy atom. The zero-order chi connectivity index (χ0) is 19.2. The van der Waals surface area contributed by atoms with Crippen LogP contribution in [0.1, 0.15) is 23.4 Å². The van der Waals surface area contributed by atoms with Gasteiger partial charge in [-0.3, -0.25) is 4.79 Å². The molecule has 6 nitrogen and oxygen atoms in total. The molecular weight excluding hydrogens is 344 g/mol. The summed E-state index contributed by atoms with van der Waals surface area (Å²) in [7, 11) is 0. The predicted octanol–water partition coefficient (Wildman–Crippen LogP) is 3.87. The van der Waals surface area contributed by atoms with Crippen molar-refractivity contribution >= 4 is 11.7 Å². The van der Waals surface area contributed by atoms with Crippen LogP contribution in [0.4, 0.5) is 5.69 Å². The number of oxazole rings is 1. The lowest BCUT2D eigenvalue weighted by molar-refractivity contribution is -0.136. The van der Waals surface area contributed by atoms with Gasteiger partial charge in [0.1, 0.15) is 11.5 Å². The molecule has 0 saturated heterocycles. The van der Waals surface area contributed by atoms with Gasteiger partial charge in [-0.15, -0.1) is 0 Å². The quantitative estimate of drug-likeness (QED) is 0.587. The summed E-state index contributed by atoms with van der Waals surface area (Å²) in [6.07, 6.45) is 1.12. The largest absolute Gasteiger partial charge is 0.491 e. The Labute approximate surface area is 157 Å². The molecule has 0 spiro atoms. The lowest BCUT2D eigenvalue weighted by atomic mass is 10.1. The summed E-state index contributed by atoms with van der Waals surface area (Å²) in [4.78, 5) is 15.2. The maximum atomic E-state index is 10.7. The molecule has 3 aromatic rings. The van der Waals surface area contributed by atoms with Crippen LogP contribution in [0, 0.1) is 6.92 Å². The Hall–Kier alpha value is -3.28. The van der Waals surface area contributed by atoms with Crippen LogP contribution in [-0.4, -0.2) is 22.7 Å². The van der Waals surface area contributed by atoms with Crippen LogP contribution in [0.2, 0.25) is 0 Å². The maximum absolute atomic E-state index is 10.7. The van der Waals surface area contributed by atoms with E-state index in [1.165, 1.54) is 0 Å². The number of benzene rings is 2. The van der Waals surface area contributed by atoms with E-state index in [0.29, 0.717) is 36.8 Å². The van der Waals surface area contributed by atoms with Crippen molar-refractivity contribution < 1.29 is 19.1 Å². The van der Waals surface area contributed by atoms with E-state index in [-0.39, 0.29) is 6.42 Å². The van der Waals surface area contributed by atoms with Crippen LogP contribution in [0.25, 0.3) is 11.5 Å². The highest BCUT2D eigenvalue weighted by Crippen LogP contribution is 2.25. The van der Waals surface area contributed by atoms with Crippen molar-refractivity contribution in [2.75, 3.05) is 12.3 Å². The molecule has 140 valence electrons. The lowest BCUT2D eigenvalue weighted by Crippen LogP contribution is -2.05. The standard InChI is InChI=1S/C21H22N2O4/c1-14-18(23-21(27-14)16-5-3-2-4-6-16)11-12-26-19-9-7-15(13-17(19)22)8-10-20(24)25/h2-7,9,13H,8,10-12,22H2,1H3,(H,24,25). The van der Waals surface area contributed by atoms with E-state index in [4.69, 9.17) is 20.0 Å². The predicted molar refractivity (Wildman–Crippen MR) is 103 cm³/mol. The molecule has 0 amide bonds. The second-order valence-electron chi connectivity index (χ2n) is 6.25. The van der Waals surface area contributed by atoms with Crippen molar-refractivity contribution in [3.05, 3.63) is 65.5 Å². The minimum atomic E-state index is -0.827. The Morgan fingerprint density at radius 3 is 2.67 bits per heavy atom. The van der Waals surface area contributed by atoms with Gasteiger partial charge in [0.2, 0.25) is 5.89 Å². The Kier molecular flexibility index (Phi) is 5.76. The summed E-state index contributed by atoms with van der Waals surface area (Å²) in [6.45, 7) is 2.31. The Morgan fingerprint density at radius 2 is 1.96 bits per heavy atom. The number of hydrogen-bond donors (Lipinski definition) is 2. The number of carboxylic acid groups (broad SMARTS) is 1. The summed E-state index contributed by atoms with van der Waals surface area (Å²) in [5.41, 5.74) is 9.18. The molecular formula is C21H22N2O4. The van der Waals surface area contributed by atoms with Gasteiger partial charge in [-0.1, -0.05) is 24.3 Å². The first-order valence-electron chi connectivity index (χ1n) is 8.77. The van der Waals surface area contributed by atoms with E-state index in [2.05, 4.69) is 4.98 Å². The van der Waals surface area contributed by atoms with E-state index in [1.807, 2.05) is 43.3 Å². The minimum Gasteiger partial charge on any atom is -0.491 e. The van der Waals surface area contributed by atoms with Gasteiger partial charge in [-0.25, -0.2) is 4.98 Å². The van der Waals surface area contributed by atoms with Crippen LogP contribution >= 0.6 is 0 Å². The van der Waals surface area contributed by atoms with Gasteiger partial charge in [0, 0.05) is 18.4 Å². The second kappa shape index (κ2) is 8.40. The van der Waals surface area contributed by atoms with Gasteiger partial charge < -0.3 is 20.0 Å². The maximum Gasteiger partial charge on any atom is 0.303 e. The zero-order valence-corrected chi connectivity index (χ0v) is 15.1. The molecule has 0 fully saturated rings. The molecule has 6 heteroatoms. The van der Waals surface area contributed by atoms with E-state index >= 15 is 0 Å². The van der Waals surface area contributed by atoms with Crippen LogP contribution in [0.3, 0.4) is 0 Å². The van der Waals surface area contributed by atoms with Crippen molar-refractivity contribution in [2.24, 2.45) is 0 Å². The summed E-state index contributed by atoms with van der Waals surface area (Å²) in [5.74, 6) is 1.13. The summed E-state index contributed by atoms with van der Waals surface area (Å²) < 4.78 is 11.5. The number of anilines is 1. The van der Waals surface area contributed by atoms with Crippen molar-refractivity contribution in [3.8, 4) is 17.2 Å². The molecule has 0 aliphatic heterocycles. The van der Waals surface area contributed by atoms with E-state index in [9.17, 15) is 4.79 Å². The minimum absolute atomic E-state index is 0.0782. The topological polar surface area (TPSA) is 98.6 Å². The normalized spacial score (nSPS) is 10.7. The van der Waals surface area contributed by atoms with E-state index in [0.717, 1.165) is 22.6 Å². The number of carbonyl (C=O) groups is 1. The fraction of sp³-hybridized carbons (Fsp3) is 0.238. The molecule has 0 saturated carbocycles. The van der Waals surface area contributed by atoms with Crippen molar-refractivity contribution in [1.29, 1.82) is 0 Å². The Balaban J connectivity index is 1.58. The van der Waals surface area contributed by atoms with Gasteiger partial charge >= 0.3 is 5.97 Å². The third-order valence-electron chi connectivity index (χ3n) is 4.21. The molecule has 0 aliphatic rings. The Bertz CT molecular complexity index is 919. The first kappa shape index (κ1) is 18.5. The van der Waals surface area contributed by atoms with Gasteiger partial charge in [-0.05, 0) is 43.2 Å². The van der Waals surface area contributed by atoms with Gasteiger partial charge in [0.15, 0.2) is 0 Å². The van der Waals surface area contributed by atoms with Crippen LogP contribution < -0.4 is 10.5 Å². The fourth-order valence-corrected chi connectivity index (χ4v) is 2.76. The number of aliphatic carboxylic acids is 1. The highest BCUT2D eigenvalue weighted by Gasteiger charge is 2.12. The SMILES string of the molecule is Cc1oc(-c2ccccc2)nc1CCOc1ccc(CCC(=O)O)cc1N. The number of nitrogens with zero attached hydrogens (tertiary/aromatic N) is 1. The number of ether oxygens (including phenoxy) is 1. The molecule has 1 aromatic heterocycles. The van der Waals surface area contributed by atoms with E-state index in [1.54, 1.807) is 12.1 Å². The first-order chi connectivity index (χ1) is 13.0. The average molecular weight is 366 g/mol. The van der Waals surface area contributed by atoms with Crippen LogP contribution in [0.15, 0.2) is 52.9 Å². The van der Waals surface area contributed by atoms with Crippen LogP contribution in [-0.2, 0) is 17.6 Å². The van der Waals surface area contributed by atoms with Crippen molar-refractivity contribution in [1.82, 2.24) is 4.98 Å². The number of nitrogen functional groups attached to an aromatic ring is 1. The van der Waals surface area contributed by atoms with Crippen LogP contribution in [0.5, 0.6) is 5.75 Å². The number of nitrogens with two attached hydrogens (primary N) is 1. The molecule has 3 rings (SSSR count). The number of hydrogen-bond acceptors (Lipinski definition) is 5. The molecule has 27 heavy (non-hydrogen) atoms. The molecule has 3 N–H and O–H groups in total. The second-order valence-corrected chi connectivity index (χ2v) is 6.25. The number of aryl methyl sites for hydroxylation is 2. The molecule has 0 bridgehead atoms. The number of carboxylic acids is 1. The van der Waals surface area contributed by atoms with Crippen molar-refractivity contribution in [3.63, 3.8) is 0 Å². The smallest absolute Gasteiger partial charge is 0.303 e. The molecule has 0 atom stereocenters. The zero-order valence-electron chi connectivity index (χ0n) is 15.1. The molecule has 0 radical (unpaired) electrons. The molecule has 1 heterocycles. The molecule has 0 aliphatic carbocycles. The van der Waals surface area contributed by atoms with Gasteiger partial charge in [0.05, 0.1) is 18.0 Å². The highest BCUT2D eigenvalue weighted by molar-refractivity contribution is 5.67.